The maximum absolute atomic E-state index is 12.9. The molecular weight excluding hydrogens is 365 g/mol. The summed E-state index contributed by atoms with van der Waals surface area (Å²) in [5, 5.41) is 2.56. The fourth-order valence-corrected chi connectivity index (χ4v) is 3.64. The maximum atomic E-state index is 12.9. The Morgan fingerprint density at radius 3 is 2.62 bits per heavy atom. The zero-order valence-corrected chi connectivity index (χ0v) is 14.8. The molecule has 0 aliphatic carbocycles. The van der Waals surface area contributed by atoms with Crippen LogP contribution in [0.25, 0.3) is 0 Å². The molecule has 1 aliphatic rings. The van der Waals surface area contributed by atoms with E-state index in [2.05, 4.69) is 4.98 Å². The number of nitrogens with zero attached hydrogens (tertiary/aromatic N) is 3. The lowest BCUT2D eigenvalue weighted by Gasteiger charge is -2.36. The third-order valence-electron chi connectivity index (χ3n) is 4.23. The Hall–Kier alpha value is -2.13. The highest BCUT2D eigenvalue weighted by Gasteiger charge is 2.31. The van der Waals surface area contributed by atoms with Crippen LogP contribution in [-0.4, -0.2) is 48.5 Å². The quantitative estimate of drug-likeness (QED) is 0.880. The molecule has 26 heavy (non-hydrogen) atoms. The second kappa shape index (κ2) is 7.63. The first kappa shape index (κ1) is 18.7. The lowest BCUT2D eigenvalue weighted by Crippen LogP contribution is -2.49. The van der Waals surface area contributed by atoms with Gasteiger partial charge >= 0.3 is 6.18 Å². The number of halogens is 3. The number of nitrogens with two attached hydrogens (primary N) is 1. The van der Waals surface area contributed by atoms with E-state index in [0.717, 1.165) is 17.1 Å². The monoisotopic (exact) mass is 384 g/mol. The van der Waals surface area contributed by atoms with Crippen molar-refractivity contribution in [1.29, 1.82) is 0 Å². The van der Waals surface area contributed by atoms with Gasteiger partial charge in [0.15, 0.2) is 0 Å². The standard InChI is InChI=1S/C17H19F3N4OS/c18-17(19,20)12-2-1-3-13(10-12)23-6-8-24(9-7-23)16(25)14-11-26-15(22-14)4-5-21/h1-3,10-11H,4-9,21H2. The van der Waals surface area contributed by atoms with E-state index in [1.807, 2.05) is 4.90 Å². The lowest BCUT2D eigenvalue weighted by molar-refractivity contribution is -0.137. The molecule has 0 bridgehead atoms. The number of hydrogen-bond acceptors (Lipinski definition) is 5. The number of benzene rings is 1. The Balaban J connectivity index is 1.63. The largest absolute Gasteiger partial charge is 0.416 e. The number of thiazole rings is 1. The van der Waals surface area contributed by atoms with Crippen LogP contribution in [0.5, 0.6) is 0 Å². The van der Waals surface area contributed by atoms with Gasteiger partial charge in [-0.3, -0.25) is 4.79 Å². The highest BCUT2D eigenvalue weighted by Crippen LogP contribution is 2.32. The van der Waals surface area contributed by atoms with E-state index >= 15 is 0 Å². The summed E-state index contributed by atoms with van der Waals surface area (Å²) < 4.78 is 38.6. The molecule has 2 heterocycles. The third kappa shape index (κ3) is 4.16. The van der Waals surface area contributed by atoms with E-state index in [0.29, 0.717) is 50.5 Å². The summed E-state index contributed by atoms with van der Waals surface area (Å²) in [6, 6.07) is 5.28. The molecular formula is C17H19F3N4OS. The third-order valence-corrected chi connectivity index (χ3v) is 5.14. The number of alkyl halides is 3. The lowest BCUT2D eigenvalue weighted by atomic mass is 10.1. The first-order valence-corrected chi connectivity index (χ1v) is 9.12. The van der Waals surface area contributed by atoms with Gasteiger partial charge < -0.3 is 15.5 Å². The number of carbonyl (C=O) groups excluding carboxylic acids is 1. The van der Waals surface area contributed by atoms with Crippen LogP contribution >= 0.6 is 11.3 Å². The molecule has 1 aromatic carbocycles. The maximum Gasteiger partial charge on any atom is 0.416 e. The minimum atomic E-state index is -4.36. The summed E-state index contributed by atoms with van der Waals surface area (Å²) in [5.41, 5.74) is 5.76. The van der Waals surface area contributed by atoms with Crippen molar-refractivity contribution in [2.24, 2.45) is 5.73 Å². The Morgan fingerprint density at radius 2 is 1.96 bits per heavy atom. The second-order valence-electron chi connectivity index (χ2n) is 5.99. The van der Waals surface area contributed by atoms with Gasteiger partial charge in [-0.05, 0) is 24.7 Å². The van der Waals surface area contributed by atoms with Crippen LogP contribution in [0.2, 0.25) is 0 Å². The molecule has 1 fully saturated rings. The second-order valence-corrected chi connectivity index (χ2v) is 6.94. The van der Waals surface area contributed by atoms with E-state index in [-0.39, 0.29) is 5.91 Å². The molecule has 2 N–H and O–H groups in total. The number of rotatable bonds is 4. The minimum Gasteiger partial charge on any atom is -0.368 e. The van der Waals surface area contributed by atoms with E-state index in [1.165, 1.54) is 17.4 Å². The molecule has 0 saturated carbocycles. The molecule has 140 valence electrons. The minimum absolute atomic E-state index is 0.145. The van der Waals surface area contributed by atoms with Crippen molar-refractivity contribution < 1.29 is 18.0 Å². The first-order chi connectivity index (χ1) is 12.4. The number of piperazine rings is 1. The molecule has 0 unspecified atom stereocenters. The van der Waals surface area contributed by atoms with Gasteiger partial charge in [0.2, 0.25) is 0 Å². The summed E-state index contributed by atoms with van der Waals surface area (Å²) in [6.45, 7) is 2.33. The van der Waals surface area contributed by atoms with Gasteiger partial charge in [-0.2, -0.15) is 13.2 Å². The van der Waals surface area contributed by atoms with Crippen molar-refractivity contribution in [2.45, 2.75) is 12.6 Å². The molecule has 5 nitrogen and oxygen atoms in total. The van der Waals surface area contributed by atoms with Crippen molar-refractivity contribution in [3.63, 3.8) is 0 Å². The fraction of sp³-hybridized carbons (Fsp3) is 0.412. The van der Waals surface area contributed by atoms with Crippen LogP contribution in [0.1, 0.15) is 21.1 Å². The Bertz CT molecular complexity index is 769. The average molecular weight is 384 g/mol. The van der Waals surface area contributed by atoms with Crippen LogP contribution in [0.15, 0.2) is 29.6 Å². The summed E-state index contributed by atoms with van der Waals surface area (Å²) in [7, 11) is 0. The molecule has 1 aliphatic heterocycles. The Labute approximate surface area is 153 Å². The van der Waals surface area contributed by atoms with E-state index < -0.39 is 11.7 Å². The molecule has 9 heteroatoms. The number of aromatic nitrogens is 1. The number of carbonyl (C=O) groups is 1. The van der Waals surface area contributed by atoms with Gasteiger partial charge in [0, 0.05) is 43.7 Å². The van der Waals surface area contributed by atoms with Gasteiger partial charge in [-0.1, -0.05) is 6.07 Å². The van der Waals surface area contributed by atoms with Gasteiger partial charge in [-0.15, -0.1) is 11.3 Å². The normalized spacial score (nSPS) is 15.4. The van der Waals surface area contributed by atoms with Crippen molar-refractivity contribution in [2.75, 3.05) is 37.6 Å². The summed E-state index contributed by atoms with van der Waals surface area (Å²) >= 11 is 1.41. The number of hydrogen-bond donors (Lipinski definition) is 1. The van der Waals surface area contributed by atoms with Crippen molar-refractivity contribution in [3.05, 3.63) is 45.9 Å². The van der Waals surface area contributed by atoms with Gasteiger partial charge in [0.05, 0.1) is 10.6 Å². The van der Waals surface area contributed by atoms with Gasteiger partial charge in [0.1, 0.15) is 5.69 Å². The molecule has 0 atom stereocenters. The van der Waals surface area contributed by atoms with Crippen LogP contribution in [0.4, 0.5) is 18.9 Å². The highest BCUT2D eigenvalue weighted by atomic mass is 32.1. The van der Waals surface area contributed by atoms with Crippen molar-refractivity contribution in [1.82, 2.24) is 9.88 Å². The molecule has 1 amide bonds. The van der Waals surface area contributed by atoms with Crippen LogP contribution < -0.4 is 10.6 Å². The predicted octanol–water partition coefficient (Wildman–Crippen LogP) is 2.63. The fourth-order valence-electron chi connectivity index (χ4n) is 2.86. The molecule has 0 spiro atoms. The first-order valence-electron chi connectivity index (χ1n) is 8.24. The van der Waals surface area contributed by atoms with Crippen LogP contribution in [0, 0.1) is 0 Å². The van der Waals surface area contributed by atoms with Crippen molar-refractivity contribution >= 4 is 22.9 Å². The predicted molar refractivity (Wildman–Crippen MR) is 94.4 cm³/mol. The summed E-state index contributed by atoms with van der Waals surface area (Å²) in [4.78, 5) is 20.4. The smallest absolute Gasteiger partial charge is 0.368 e. The van der Waals surface area contributed by atoms with Gasteiger partial charge in [-0.25, -0.2) is 4.98 Å². The van der Waals surface area contributed by atoms with Crippen molar-refractivity contribution in [3.8, 4) is 0 Å². The molecule has 2 aromatic rings. The highest BCUT2D eigenvalue weighted by molar-refractivity contribution is 7.09. The van der Waals surface area contributed by atoms with Crippen LogP contribution in [0.3, 0.4) is 0 Å². The number of anilines is 1. The van der Waals surface area contributed by atoms with E-state index in [1.54, 1.807) is 16.3 Å². The number of amides is 1. The van der Waals surface area contributed by atoms with E-state index in [4.69, 9.17) is 5.73 Å². The summed E-state index contributed by atoms with van der Waals surface area (Å²) in [5.74, 6) is -0.145. The molecule has 1 aromatic heterocycles. The Morgan fingerprint density at radius 1 is 1.23 bits per heavy atom. The van der Waals surface area contributed by atoms with Crippen LogP contribution in [-0.2, 0) is 12.6 Å². The van der Waals surface area contributed by atoms with E-state index in [9.17, 15) is 18.0 Å². The Kier molecular flexibility index (Phi) is 5.47. The molecule has 3 rings (SSSR count). The topological polar surface area (TPSA) is 62.5 Å². The average Bonchev–Trinajstić information content (AvgIpc) is 3.10. The van der Waals surface area contributed by atoms with Gasteiger partial charge in [0.25, 0.3) is 5.91 Å². The zero-order chi connectivity index (χ0) is 18.7. The zero-order valence-electron chi connectivity index (χ0n) is 14.0. The molecule has 1 saturated heterocycles. The SMILES string of the molecule is NCCc1nc(C(=O)N2CCN(c3cccc(C(F)(F)F)c3)CC2)cs1. The molecule has 0 radical (unpaired) electrons. The summed E-state index contributed by atoms with van der Waals surface area (Å²) in [6.07, 6.45) is -3.72.